The molecule has 1 fully saturated rings. The van der Waals surface area contributed by atoms with Crippen molar-refractivity contribution in [3.63, 3.8) is 0 Å². The number of benzene rings is 1. The minimum atomic E-state index is -0.430. The third-order valence-corrected chi connectivity index (χ3v) is 4.92. The Hall–Kier alpha value is -2.35. The van der Waals surface area contributed by atoms with Crippen LogP contribution < -0.4 is 5.32 Å². The summed E-state index contributed by atoms with van der Waals surface area (Å²) in [5.41, 5.74) is 0.737. The molecule has 0 bridgehead atoms. The first-order valence-corrected chi connectivity index (χ1v) is 8.39. The van der Waals surface area contributed by atoms with Crippen molar-refractivity contribution in [3.05, 3.63) is 40.7 Å². The Kier molecular flexibility index (Phi) is 4.57. The van der Waals surface area contributed by atoms with Gasteiger partial charge in [-0.15, -0.1) is 10.2 Å². The van der Waals surface area contributed by atoms with Crippen LogP contribution in [0.25, 0.3) is 0 Å². The van der Waals surface area contributed by atoms with Gasteiger partial charge in [0.15, 0.2) is 0 Å². The van der Waals surface area contributed by atoms with Gasteiger partial charge in [-0.05, 0) is 31.0 Å². The van der Waals surface area contributed by atoms with Gasteiger partial charge in [0.2, 0.25) is 16.9 Å². The molecule has 8 heteroatoms. The van der Waals surface area contributed by atoms with E-state index in [1.54, 1.807) is 24.1 Å². The van der Waals surface area contributed by atoms with Crippen molar-refractivity contribution in [2.24, 2.45) is 5.92 Å². The van der Waals surface area contributed by atoms with E-state index in [2.05, 4.69) is 15.5 Å². The number of carbonyl (C=O) groups excluding carboxylic acids is 2. The summed E-state index contributed by atoms with van der Waals surface area (Å²) in [4.78, 5) is 26.3. The van der Waals surface area contributed by atoms with Crippen LogP contribution >= 0.6 is 11.3 Å². The van der Waals surface area contributed by atoms with Crippen molar-refractivity contribution in [1.82, 2.24) is 15.1 Å². The van der Waals surface area contributed by atoms with E-state index in [0.29, 0.717) is 18.0 Å². The van der Waals surface area contributed by atoms with Crippen molar-refractivity contribution >= 4 is 28.3 Å². The standard InChI is InChI=1S/C16H17FN4O2S/c1-9-19-20-16(24-9)18-15(23)12-7-8-13(22)21(2)14(12)10-3-5-11(17)6-4-10/h3-6,12,14H,7-8H2,1-2H3,(H,18,20,23)/t12-,14-/m1/s1. The second kappa shape index (κ2) is 6.64. The molecule has 6 nitrogen and oxygen atoms in total. The monoisotopic (exact) mass is 348 g/mol. The number of halogens is 1. The molecule has 2 atom stereocenters. The fourth-order valence-electron chi connectivity index (χ4n) is 2.97. The third kappa shape index (κ3) is 3.28. The van der Waals surface area contributed by atoms with E-state index in [1.807, 2.05) is 6.92 Å². The normalized spacial score (nSPS) is 21.0. The van der Waals surface area contributed by atoms with E-state index < -0.39 is 12.0 Å². The Labute approximate surface area is 142 Å². The highest BCUT2D eigenvalue weighted by molar-refractivity contribution is 7.15. The zero-order valence-corrected chi connectivity index (χ0v) is 14.1. The number of piperidine rings is 1. The number of rotatable bonds is 3. The first-order chi connectivity index (χ1) is 11.5. The van der Waals surface area contributed by atoms with Gasteiger partial charge < -0.3 is 10.2 Å². The second-order valence-electron chi connectivity index (χ2n) is 5.76. The van der Waals surface area contributed by atoms with E-state index in [0.717, 1.165) is 10.6 Å². The number of aromatic nitrogens is 2. The molecule has 1 aromatic carbocycles. The number of carbonyl (C=O) groups is 2. The smallest absolute Gasteiger partial charge is 0.231 e. The van der Waals surface area contributed by atoms with Crippen molar-refractivity contribution in [2.45, 2.75) is 25.8 Å². The molecule has 3 rings (SSSR count). The van der Waals surface area contributed by atoms with Crippen LogP contribution in [0.2, 0.25) is 0 Å². The Morgan fingerprint density at radius 2 is 2.04 bits per heavy atom. The molecule has 24 heavy (non-hydrogen) atoms. The predicted octanol–water partition coefficient (Wildman–Crippen LogP) is 2.53. The van der Waals surface area contributed by atoms with Crippen molar-refractivity contribution < 1.29 is 14.0 Å². The molecule has 1 aliphatic heterocycles. The van der Waals surface area contributed by atoms with Gasteiger partial charge in [0.25, 0.3) is 0 Å². The molecule has 0 saturated carbocycles. The highest BCUT2D eigenvalue weighted by atomic mass is 32.1. The van der Waals surface area contributed by atoms with Gasteiger partial charge in [-0.2, -0.15) is 0 Å². The van der Waals surface area contributed by atoms with Crippen LogP contribution in [0.3, 0.4) is 0 Å². The maximum atomic E-state index is 13.2. The minimum Gasteiger partial charge on any atom is -0.338 e. The topological polar surface area (TPSA) is 75.2 Å². The molecule has 1 saturated heterocycles. The maximum Gasteiger partial charge on any atom is 0.231 e. The Balaban J connectivity index is 1.86. The van der Waals surface area contributed by atoms with Gasteiger partial charge in [0.1, 0.15) is 10.8 Å². The van der Waals surface area contributed by atoms with Crippen LogP contribution in [0.4, 0.5) is 9.52 Å². The number of aryl methyl sites for hydroxylation is 1. The number of amides is 2. The lowest BCUT2D eigenvalue weighted by Gasteiger charge is -2.38. The average molecular weight is 348 g/mol. The molecule has 2 aromatic rings. The number of hydrogen-bond acceptors (Lipinski definition) is 5. The molecule has 0 radical (unpaired) electrons. The first kappa shape index (κ1) is 16.5. The van der Waals surface area contributed by atoms with E-state index in [9.17, 15) is 14.0 Å². The van der Waals surface area contributed by atoms with Crippen LogP contribution in [0.5, 0.6) is 0 Å². The van der Waals surface area contributed by atoms with Gasteiger partial charge in [-0.3, -0.25) is 9.59 Å². The van der Waals surface area contributed by atoms with E-state index in [1.165, 1.54) is 23.5 Å². The predicted molar refractivity (Wildman–Crippen MR) is 87.9 cm³/mol. The molecule has 0 unspecified atom stereocenters. The number of anilines is 1. The van der Waals surface area contributed by atoms with Gasteiger partial charge in [0, 0.05) is 13.5 Å². The Morgan fingerprint density at radius 1 is 1.33 bits per heavy atom. The summed E-state index contributed by atoms with van der Waals surface area (Å²) in [7, 11) is 1.67. The number of likely N-dealkylation sites (tertiary alicyclic amines) is 1. The van der Waals surface area contributed by atoms with Gasteiger partial charge in [-0.25, -0.2) is 4.39 Å². The molecule has 0 aliphatic carbocycles. The van der Waals surface area contributed by atoms with E-state index in [-0.39, 0.29) is 17.6 Å². The highest BCUT2D eigenvalue weighted by Crippen LogP contribution is 2.36. The largest absolute Gasteiger partial charge is 0.338 e. The van der Waals surface area contributed by atoms with Crippen LogP contribution in [0.1, 0.15) is 29.5 Å². The van der Waals surface area contributed by atoms with Crippen molar-refractivity contribution in [3.8, 4) is 0 Å². The first-order valence-electron chi connectivity index (χ1n) is 7.58. The van der Waals surface area contributed by atoms with Crippen molar-refractivity contribution in [2.75, 3.05) is 12.4 Å². The fraction of sp³-hybridized carbons (Fsp3) is 0.375. The maximum absolute atomic E-state index is 13.2. The van der Waals surface area contributed by atoms with Gasteiger partial charge in [0.05, 0.1) is 12.0 Å². The number of nitrogens with one attached hydrogen (secondary N) is 1. The molecule has 2 heterocycles. The van der Waals surface area contributed by atoms with Crippen LogP contribution in [-0.4, -0.2) is 34.0 Å². The average Bonchev–Trinajstić information content (AvgIpc) is 2.96. The second-order valence-corrected chi connectivity index (χ2v) is 6.94. The molecular weight excluding hydrogens is 331 g/mol. The SMILES string of the molecule is Cc1nnc(NC(=O)[C@@H]2CCC(=O)N(C)[C@@H]2c2ccc(F)cc2)s1. The molecule has 1 N–H and O–H groups in total. The molecule has 1 aliphatic rings. The van der Waals surface area contributed by atoms with Crippen LogP contribution in [-0.2, 0) is 9.59 Å². The fourth-order valence-corrected chi connectivity index (χ4v) is 3.57. The van der Waals surface area contributed by atoms with Crippen LogP contribution in [0.15, 0.2) is 24.3 Å². The third-order valence-electron chi connectivity index (χ3n) is 4.17. The number of hydrogen-bond donors (Lipinski definition) is 1. The summed E-state index contributed by atoms with van der Waals surface area (Å²) in [6, 6.07) is 5.48. The van der Waals surface area contributed by atoms with Gasteiger partial charge in [-0.1, -0.05) is 23.5 Å². The Morgan fingerprint density at radius 3 is 2.67 bits per heavy atom. The lowest BCUT2D eigenvalue weighted by Crippen LogP contribution is -2.44. The highest BCUT2D eigenvalue weighted by Gasteiger charge is 2.39. The van der Waals surface area contributed by atoms with Gasteiger partial charge >= 0.3 is 0 Å². The summed E-state index contributed by atoms with van der Waals surface area (Å²) in [5, 5.41) is 11.7. The van der Waals surface area contributed by atoms with E-state index >= 15 is 0 Å². The van der Waals surface area contributed by atoms with Crippen LogP contribution in [0, 0.1) is 18.7 Å². The minimum absolute atomic E-state index is 0.0277. The summed E-state index contributed by atoms with van der Waals surface area (Å²) in [6.07, 6.45) is 0.746. The molecule has 2 amide bonds. The molecule has 1 aromatic heterocycles. The summed E-state index contributed by atoms with van der Waals surface area (Å²) in [6.45, 7) is 1.81. The molecular formula is C16H17FN4O2S. The zero-order valence-electron chi connectivity index (χ0n) is 13.3. The van der Waals surface area contributed by atoms with Crippen molar-refractivity contribution in [1.29, 1.82) is 0 Å². The summed E-state index contributed by atoms with van der Waals surface area (Å²) in [5.74, 6) is -1.02. The summed E-state index contributed by atoms with van der Waals surface area (Å²) < 4.78 is 13.2. The lowest BCUT2D eigenvalue weighted by molar-refractivity contribution is -0.140. The van der Waals surface area contributed by atoms with E-state index in [4.69, 9.17) is 0 Å². The zero-order chi connectivity index (χ0) is 17.3. The quantitative estimate of drug-likeness (QED) is 0.925. The molecule has 126 valence electrons. The lowest BCUT2D eigenvalue weighted by atomic mass is 9.84. The number of nitrogens with zero attached hydrogens (tertiary/aromatic N) is 3. The summed E-state index contributed by atoms with van der Waals surface area (Å²) >= 11 is 1.30. The molecule has 0 spiro atoms. The Bertz CT molecular complexity index is 762.